The molecule has 4 nitrogen and oxygen atoms in total. The molecule has 1 unspecified atom stereocenters. The van der Waals surface area contributed by atoms with Gasteiger partial charge in [-0.3, -0.25) is 0 Å². The van der Waals surface area contributed by atoms with Gasteiger partial charge in [0, 0.05) is 12.6 Å². The van der Waals surface area contributed by atoms with Crippen LogP contribution < -0.4 is 14.8 Å². The summed E-state index contributed by atoms with van der Waals surface area (Å²) >= 11 is 1.71. The lowest BCUT2D eigenvalue weighted by molar-refractivity contribution is 0.196. The first-order valence-electron chi connectivity index (χ1n) is 6.90. The molecule has 2 N–H and O–H groups in total. The molecule has 0 bridgehead atoms. The fourth-order valence-corrected chi connectivity index (χ4v) is 2.68. The highest BCUT2D eigenvalue weighted by molar-refractivity contribution is 7.07. The van der Waals surface area contributed by atoms with Crippen molar-refractivity contribution >= 4 is 11.3 Å². The third kappa shape index (κ3) is 4.46. The Bertz CT molecular complexity index is 542. The molecule has 0 radical (unpaired) electrons. The molecule has 2 aromatic rings. The lowest BCUT2D eigenvalue weighted by atomic mass is 10.1. The summed E-state index contributed by atoms with van der Waals surface area (Å²) < 4.78 is 10.8. The largest absolute Gasteiger partial charge is 0.493 e. The first-order valence-corrected chi connectivity index (χ1v) is 7.85. The molecule has 0 spiro atoms. The molecule has 0 aliphatic rings. The minimum absolute atomic E-state index is 0.0104. The molecule has 0 saturated heterocycles. The van der Waals surface area contributed by atoms with Crippen LogP contribution in [-0.4, -0.2) is 25.4 Å². The highest BCUT2D eigenvalue weighted by Gasteiger charge is 2.10. The van der Waals surface area contributed by atoms with E-state index in [-0.39, 0.29) is 19.3 Å². The first kappa shape index (κ1) is 15.8. The van der Waals surface area contributed by atoms with Crippen LogP contribution in [0.3, 0.4) is 0 Å². The SMILES string of the molecule is COc1cc(C(C)NCc2ccsc2)ccc1OCCO. The van der Waals surface area contributed by atoms with E-state index in [0.717, 1.165) is 12.1 Å². The van der Waals surface area contributed by atoms with Crippen molar-refractivity contribution in [2.24, 2.45) is 0 Å². The molecule has 0 aliphatic heterocycles. The van der Waals surface area contributed by atoms with Crippen LogP contribution in [0.5, 0.6) is 11.5 Å². The maximum atomic E-state index is 8.82. The van der Waals surface area contributed by atoms with Gasteiger partial charge in [0.05, 0.1) is 13.7 Å². The Labute approximate surface area is 129 Å². The number of hydrogen-bond acceptors (Lipinski definition) is 5. The molecular formula is C16H21NO3S. The Balaban J connectivity index is 2.01. The lowest BCUT2D eigenvalue weighted by Crippen LogP contribution is -2.17. The van der Waals surface area contributed by atoms with E-state index in [4.69, 9.17) is 14.6 Å². The topological polar surface area (TPSA) is 50.7 Å². The summed E-state index contributed by atoms with van der Waals surface area (Å²) in [5.41, 5.74) is 2.43. The van der Waals surface area contributed by atoms with Crippen molar-refractivity contribution in [1.82, 2.24) is 5.32 Å². The minimum atomic E-state index is -0.0104. The van der Waals surface area contributed by atoms with E-state index in [1.165, 1.54) is 5.56 Å². The van der Waals surface area contributed by atoms with Gasteiger partial charge in [-0.2, -0.15) is 11.3 Å². The van der Waals surface area contributed by atoms with Crippen LogP contribution >= 0.6 is 11.3 Å². The van der Waals surface area contributed by atoms with Crippen molar-refractivity contribution in [2.45, 2.75) is 19.5 Å². The zero-order valence-corrected chi connectivity index (χ0v) is 13.2. The fourth-order valence-electron chi connectivity index (χ4n) is 2.01. The highest BCUT2D eigenvalue weighted by Crippen LogP contribution is 2.30. The van der Waals surface area contributed by atoms with Gasteiger partial charge < -0.3 is 19.9 Å². The van der Waals surface area contributed by atoms with E-state index < -0.39 is 0 Å². The van der Waals surface area contributed by atoms with E-state index in [2.05, 4.69) is 29.1 Å². The number of aliphatic hydroxyl groups excluding tert-OH is 1. The second-order valence-corrected chi connectivity index (χ2v) is 5.50. The predicted octanol–water partition coefficient (Wildman–Crippen LogP) is 2.98. The van der Waals surface area contributed by atoms with Crippen molar-refractivity contribution in [1.29, 1.82) is 0 Å². The van der Waals surface area contributed by atoms with Gasteiger partial charge in [-0.15, -0.1) is 0 Å². The predicted molar refractivity (Wildman–Crippen MR) is 85.1 cm³/mol. The summed E-state index contributed by atoms with van der Waals surface area (Å²) in [6, 6.07) is 8.20. The van der Waals surface area contributed by atoms with Crippen molar-refractivity contribution in [3.8, 4) is 11.5 Å². The van der Waals surface area contributed by atoms with Crippen molar-refractivity contribution < 1.29 is 14.6 Å². The number of benzene rings is 1. The monoisotopic (exact) mass is 307 g/mol. The minimum Gasteiger partial charge on any atom is -0.493 e. The molecule has 1 atom stereocenters. The van der Waals surface area contributed by atoms with Gasteiger partial charge >= 0.3 is 0 Å². The van der Waals surface area contributed by atoms with Gasteiger partial charge in [-0.1, -0.05) is 6.07 Å². The van der Waals surface area contributed by atoms with E-state index in [0.29, 0.717) is 11.5 Å². The molecule has 0 aliphatic carbocycles. The number of aliphatic hydroxyl groups is 1. The Morgan fingerprint density at radius 1 is 1.29 bits per heavy atom. The second-order valence-electron chi connectivity index (χ2n) is 4.72. The molecule has 0 fully saturated rings. The van der Waals surface area contributed by atoms with Gasteiger partial charge in [-0.05, 0) is 47.0 Å². The zero-order chi connectivity index (χ0) is 15.1. The van der Waals surface area contributed by atoms with E-state index in [1.807, 2.05) is 18.2 Å². The third-order valence-electron chi connectivity index (χ3n) is 3.23. The average Bonchev–Trinajstić information content (AvgIpc) is 3.03. The Kier molecular flexibility index (Phi) is 6.04. The maximum Gasteiger partial charge on any atom is 0.161 e. The Morgan fingerprint density at radius 3 is 2.81 bits per heavy atom. The average molecular weight is 307 g/mol. The van der Waals surface area contributed by atoms with Crippen molar-refractivity contribution in [2.75, 3.05) is 20.3 Å². The zero-order valence-electron chi connectivity index (χ0n) is 12.3. The van der Waals surface area contributed by atoms with Gasteiger partial charge in [0.1, 0.15) is 6.61 Å². The lowest BCUT2D eigenvalue weighted by Gasteiger charge is -2.17. The molecule has 0 saturated carbocycles. The molecule has 2 rings (SSSR count). The third-order valence-corrected chi connectivity index (χ3v) is 3.96. The quantitative estimate of drug-likeness (QED) is 0.787. The summed E-state index contributed by atoms with van der Waals surface area (Å²) in [6.07, 6.45) is 0. The summed E-state index contributed by atoms with van der Waals surface area (Å²) in [6.45, 7) is 3.22. The van der Waals surface area contributed by atoms with Crippen LogP contribution in [0.15, 0.2) is 35.0 Å². The molecule has 0 amide bonds. The number of nitrogens with one attached hydrogen (secondary N) is 1. The second kappa shape index (κ2) is 8.02. The van der Waals surface area contributed by atoms with Crippen LogP contribution in [0.25, 0.3) is 0 Å². The summed E-state index contributed by atoms with van der Waals surface area (Å²) in [7, 11) is 1.62. The molecule has 21 heavy (non-hydrogen) atoms. The number of ether oxygens (including phenoxy) is 2. The van der Waals surface area contributed by atoms with E-state index in [1.54, 1.807) is 18.4 Å². The van der Waals surface area contributed by atoms with Crippen LogP contribution in [0.4, 0.5) is 0 Å². The van der Waals surface area contributed by atoms with E-state index in [9.17, 15) is 0 Å². The number of methoxy groups -OCH3 is 1. The Hall–Kier alpha value is -1.56. The standard InChI is InChI=1S/C16H21NO3S/c1-12(17-10-13-5-8-21-11-13)14-3-4-15(20-7-6-18)16(9-14)19-2/h3-5,8-9,11-12,17-18H,6-7,10H2,1-2H3. The first-order chi connectivity index (χ1) is 10.2. The van der Waals surface area contributed by atoms with Gasteiger partial charge in [-0.25, -0.2) is 0 Å². The van der Waals surface area contributed by atoms with Crippen LogP contribution in [0, 0.1) is 0 Å². The molecule has 114 valence electrons. The maximum absolute atomic E-state index is 8.82. The summed E-state index contributed by atoms with van der Waals surface area (Å²) in [5.74, 6) is 1.34. The smallest absolute Gasteiger partial charge is 0.161 e. The van der Waals surface area contributed by atoms with Crippen LogP contribution in [0.2, 0.25) is 0 Å². The summed E-state index contributed by atoms with van der Waals surface area (Å²) in [5, 5.41) is 16.5. The summed E-state index contributed by atoms with van der Waals surface area (Å²) in [4.78, 5) is 0. The van der Waals surface area contributed by atoms with Crippen molar-refractivity contribution in [3.05, 3.63) is 46.2 Å². The number of thiophene rings is 1. The molecule has 1 heterocycles. The fraction of sp³-hybridized carbons (Fsp3) is 0.375. The molecular weight excluding hydrogens is 286 g/mol. The van der Waals surface area contributed by atoms with Gasteiger partial charge in [0.25, 0.3) is 0 Å². The molecule has 5 heteroatoms. The Morgan fingerprint density at radius 2 is 2.14 bits per heavy atom. The van der Waals surface area contributed by atoms with Gasteiger partial charge in [0.2, 0.25) is 0 Å². The normalized spacial score (nSPS) is 12.1. The van der Waals surface area contributed by atoms with Crippen molar-refractivity contribution in [3.63, 3.8) is 0 Å². The molecule has 1 aromatic carbocycles. The van der Waals surface area contributed by atoms with E-state index >= 15 is 0 Å². The van der Waals surface area contributed by atoms with Gasteiger partial charge in [0.15, 0.2) is 11.5 Å². The number of rotatable bonds is 8. The number of hydrogen-bond donors (Lipinski definition) is 2. The molecule has 1 aromatic heterocycles. The van der Waals surface area contributed by atoms with Crippen LogP contribution in [0.1, 0.15) is 24.1 Å². The highest BCUT2D eigenvalue weighted by atomic mass is 32.1. The van der Waals surface area contributed by atoms with Crippen LogP contribution in [-0.2, 0) is 6.54 Å².